The van der Waals surface area contributed by atoms with Crippen molar-refractivity contribution in [3.63, 3.8) is 0 Å². The fourth-order valence-electron chi connectivity index (χ4n) is 3.99. The Kier molecular flexibility index (Phi) is 12.0. The lowest BCUT2D eigenvalue weighted by atomic mass is 9.86. The van der Waals surface area contributed by atoms with E-state index in [9.17, 15) is 19.5 Å². The summed E-state index contributed by atoms with van der Waals surface area (Å²) in [6, 6.07) is 6.00. The van der Waals surface area contributed by atoms with E-state index in [0.29, 0.717) is 36.3 Å². The normalized spacial score (nSPS) is 16.2. The van der Waals surface area contributed by atoms with Gasteiger partial charge in [0.25, 0.3) is 5.69 Å². The van der Waals surface area contributed by atoms with E-state index in [1.54, 1.807) is 26.0 Å². The minimum atomic E-state index is -3.92. The molecule has 1 unspecified atom stereocenters. The third kappa shape index (κ3) is 8.23. The van der Waals surface area contributed by atoms with E-state index >= 15 is 0 Å². The van der Waals surface area contributed by atoms with Gasteiger partial charge >= 0.3 is 13.6 Å². The Morgan fingerprint density at radius 2 is 1.70 bits per heavy atom. The third-order valence-corrected chi connectivity index (χ3v) is 8.17. The Hall–Kier alpha value is -2.52. The van der Waals surface area contributed by atoms with Crippen molar-refractivity contribution in [2.75, 3.05) is 40.5 Å². The molecule has 0 spiro atoms. The number of benzene rings is 1. The molecule has 1 aromatic rings. The van der Waals surface area contributed by atoms with Crippen molar-refractivity contribution in [2.45, 2.75) is 59.3 Å². The highest BCUT2D eigenvalue weighted by Gasteiger charge is 2.45. The van der Waals surface area contributed by atoms with Gasteiger partial charge in [0.2, 0.25) is 0 Å². The van der Waals surface area contributed by atoms with Crippen LogP contribution in [0, 0.1) is 10.1 Å². The number of ether oxygens (including phenoxy) is 1. The molecule has 206 valence electrons. The molecule has 10 nitrogen and oxygen atoms in total. The first-order chi connectivity index (χ1) is 17.6. The van der Waals surface area contributed by atoms with Gasteiger partial charge in [0.05, 0.1) is 34.9 Å². The first-order valence-corrected chi connectivity index (χ1v) is 14.2. The summed E-state index contributed by atoms with van der Waals surface area (Å²) in [6.45, 7) is 8.57. The second-order valence-corrected chi connectivity index (χ2v) is 11.3. The van der Waals surface area contributed by atoms with Crippen molar-refractivity contribution >= 4 is 19.3 Å². The second-order valence-electron chi connectivity index (χ2n) is 9.27. The lowest BCUT2D eigenvalue weighted by molar-refractivity contribution is -0.384. The average Bonchev–Trinajstić information content (AvgIpc) is 2.83. The molecular weight excluding hydrogens is 497 g/mol. The summed E-state index contributed by atoms with van der Waals surface area (Å²) in [5, 5.41) is 15.0. The zero-order valence-electron chi connectivity index (χ0n) is 22.7. The maximum atomic E-state index is 14.5. The molecule has 2 rings (SSSR count). The topological polar surface area (TPSA) is 120 Å². The van der Waals surface area contributed by atoms with E-state index in [1.165, 1.54) is 12.1 Å². The fraction of sp³-hybridized carbons (Fsp3) is 0.577. The Morgan fingerprint density at radius 3 is 2.24 bits per heavy atom. The highest BCUT2D eigenvalue weighted by Crippen LogP contribution is 2.64. The van der Waals surface area contributed by atoms with Gasteiger partial charge in [-0.25, -0.2) is 4.79 Å². The molecule has 0 aliphatic carbocycles. The predicted molar refractivity (Wildman–Crippen MR) is 143 cm³/mol. The van der Waals surface area contributed by atoms with E-state index in [1.807, 2.05) is 32.8 Å². The highest BCUT2D eigenvalue weighted by atomic mass is 31.2. The summed E-state index contributed by atoms with van der Waals surface area (Å²) < 4.78 is 31.9. The number of hydrogen-bond acceptors (Lipinski definition) is 9. The molecule has 1 aliphatic rings. The molecule has 0 saturated carbocycles. The maximum absolute atomic E-state index is 14.5. The van der Waals surface area contributed by atoms with Crippen LogP contribution in [0.2, 0.25) is 0 Å². The van der Waals surface area contributed by atoms with Gasteiger partial charge in [-0.15, -0.1) is 0 Å². The molecule has 37 heavy (non-hydrogen) atoms. The molecule has 1 aliphatic heterocycles. The van der Waals surface area contributed by atoms with Crippen LogP contribution in [0.3, 0.4) is 0 Å². The monoisotopic (exact) mass is 537 g/mol. The van der Waals surface area contributed by atoms with Crippen LogP contribution in [0.1, 0.15) is 64.9 Å². The van der Waals surface area contributed by atoms with Gasteiger partial charge < -0.3 is 24.0 Å². The number of carbonyl (C=O) groups is 1. The van der Waals surface area contributed by atoms with Crippen LogP contribution in [-0.4, -0.2) is 56.3 Å². The summed E-state index contributed by atoms with van der Waals surface area (Å²) in [4.78, 5) is 26.4. The van der Waals surface area contributed by atoms with Gasteiger partial charge in [0.1, 0.15) is 6.61 Å². The zero-order chi connectivity index (χ0) is 27.6. The number of unbranched alkanes of at least 4 members (excludes halogenated alkanes) is 2. The number of likely N-dealkylation sites (N-methyl/N-ethyl adjacent to an activating group) is 1. The molecule has 11 heteroatoms. The van der Waals surface area contributed by atoms with Crippen molar-refractivity contribution in [3.8, 4) is 0 Å². The second kappa shape index (κ2) is 14.4. The molecular formula is C26H40N3O7P. The largest absolute Gasteiger partial charge is 0.461 e. The molecule has 0 radical (unpaired) electrons. The van der Waals surface area contributed by atoms with Crippen LogP contribution in [0.15, 0.2) is 46.5 Å². The maximum Gasteiger partial charge on any atom is 0.360 e. The summed E-state index contributed by atoms with van der Waals surface area (Å²) in [6.07, 6.45) is 3.03. The summed E-state index contributed by atoms with van der Waals surface area (Å²) >= 11 is 0. The first-order valence-electron chi connectivity index (χ1n) is 12.7. The van der Waals surface area contributed by atoms with Crippen LogP contribution >= 0.6 is 7.60 Å². The van der Waals surface area contributed by atoms with Crippen molar-refractivity contribution in [1.29, 1.82) is 0 Å². The molecule has 1 aromatic carbocycles. The van der Waals surface area contributed by atoms with Crippen LogP contribution in [0.4, 0.5) is 5.69 Å². The van der Waals surface area contributed by atoms with E-state index < -0.39 is 24.4 Å². The van der Waals surface area contributed by atoms with Crippen molar-refractivity contribution in [3.05, 3.63) is 62.2 Å². The molecule has 0 bridgehead atoms. The van der Waals surface area contributed by atoms with Crippen LogP contribution in [0.25, 0.3) is 0 Å². The smallest absolute Gasteiger partial charge is 0.360 e. The van der Waals surface area contributed by atoms with Gasteiger partial charge in [-0.2, -0.15) is 0 Å². The SMILES string of the molecule is CCCCOP(=O)(OCCCC)C1=C(C)NC(C)=C(C(=O)OCCN(C)C)C1c1cccc([N+](=O)[O-])c1. The fourth-order valence-corrected chi connectivity index (χ4v) is 6.15. The summed E-state index contributed by atoms with van der Waals surface area (Å²) in [5.41, 5.74) is 1.55. The standard InChI is InChI=1S/C26H40N3O7P/c1-7-9-15-35-37(33,36-16-10-8-2)25-20(4)27-19(3)23(26(30)34-17-14-28(5)6)24(25)21-12-11-13-22(18-21)29(31)32/h11-13,18,24,27H,7-10,14-17H2,1-6H3. The Morgan fingerprint density at radius 1 is 1.08 bits per heavy atom. The average molecular weight is 538 g/mol. The summed E-state index contributed by atoms with van der Waals surface area (Å²) in [7, 11) is -0.180. The van der Waals surface area contributed by atoms with Gasteiger partial charge in [0, 0.05) is 30.1 Å². The lowest BCUT2D eigenvalue weighted by Crippen LogP contribution is -2.31. The van der Waals surface area contributed by atoms with Gasteiger partial charge in [-0.3, -0.25) is 14.7 Å². The molecule has 1 atom stereocenters. The van der Waals surface area contributed by atoms with Gasteiger partial charge in [-0.05, 0) is 46.3 Å². The number of rotatable bonds is 15. The van der Waals surface area contributed by atoms with Gasteiger partial charge in [-0.1, -0.05) is 38.8 Å². The van der Waals surface area contributed by atoms with Crippen molar-refractivity contribution < 1.29 is 28.1 Å². The quantitative estimate of drug-likeness (QED) is 0.0985. The minimum absolute atomic E-state index is 0.139. The minimum Gasteiger partial charge on any atom is -0.461 e. The number of dihydropyridines is 1. The number of nitrogens with zero attached hydrogens (tertiary/aromatic N) is 2. The molecule has 1 N–H and O–H groups in total. The number of hydrogen-bond donors (Lipinski definition) is 1. The molecule has 1 heterocycles. The third-order valence-electron chi connectivity index (χ3n) is 5.94. The molecule has 0 amide bonds. The number of carbonyl (C=O) groups excluding carboxylic acids is 1. The Bertz CT molecular complexity index is 1050. The number of nitro benzene ring substituents is 1. The van der Waals surface area contributed by atoms with E-state index in [4.69, 9.17) is 13.8 Å². The summed E-state index contributed by atoms with van der Waals surface area (Å²) in [5.74, 6) is -1.51. The number of nitrogens with one attached hydrogen (secondary N) is 1. The number of nitro groups is 1. The van der Waals surface area contributed by atoms with Gasteiger partial charge in [0.15, 0.2) is 0 Å². The van der Waals surface area contributed by atoms with Crippen molar-refractivity contribution in [2.24, 2.45) is 0 Å². The molecule has 0 fully saturated rings. The van der Waals surface area contributed by atoms with E-state index in [2.05, 4.69) is 5.32 Å². The van der Waals surface area contributed by atoms with Crippen molar-refractivity contribution in [1.82, 2.24) is 10.2 Å². The Labute approximate surface area is 219 Å². The molecule has 0 saturated heterocycles. The number of non-ortho nitro benzene ring substituents is 1. The lowest BCUT2D eigenvalue weighted by Gasteiger charge is -2.34. The first kappa shape index (κ1) is 30.7. The Balaban J connectivity index is 2.67. The van der Waals surface area contributed by atoms with Crippen LogP contribution in [-0.2, 0) is 23.1 Å². The van der Waals surface area contributed by atoms with Crippen LogP contribution in [0.5, 0.6) is 0 Å². The highest BCUT2D eigenvalue weighted by molar-refractivity contribution is 7.58. The van der Waals surface area contributed by atoms with Crippen LogP contribution < -0.4 is 5.32 Å². The number of allylic oxidation sites excluding steroid dienone is 3. The van der Waals surface area contributed by atoms with E-state index in [-0.39, 0.29) is 36.4 Å². The van der Waals surface area contributed by atoms with E-state index in [0.717, 1.165) is 12.8 Å². The zero-order valence-corrected chi connectivity index (χ0v) is 23.6. The number of esters is 1. The predicted octanol–water partition coefficient (Wildman–Crippen LogP) is 5.72. The molecule has 0 aromatic heterocycles.